The van der Waals surface area contributed by atoms with Gasteiger partial charge in [0.1, 0.15) is 5.75 Å². The Labute approximate surface area is 77.8 Å². The average molecular weight is 180 g/mol. The Balaban J connectivity index is 2.64. The molecule has 0 heterocycles. The Morgan fingerprint density at radius 2 is 2.00 bits per heavy atom. The highest BCUT2D eigenvalue weighted by Crippen LogP contribution is 2.12. The van der Waals surface area contributed by atoms with E-state index in [0.717, 1.165) is 11.3 Å². The molecule has 0 aliphatic rings. The summed E-state index contributed by atoms with van der Waals surface area (Å²) in [4.78, 5) is 0. The van der Waals surface area contributed by atoms with Gasteiger partial charge in [0.15, 0.2) is 0 Å². The van der Waals surface area contributed by atoms with Gasteiger partial charge < -0.3 is 4.74 Å². The second-order valence-electron chi connectivity index (χ2n) is 2.84. The van der Waals surface area contributed by atoms with Gasteiger partial charge in [-0.3, -0.25) is 0 Å². The fraction of sp³-hybridized carbons (Fsp3) is 0.273. The largest absolute Gasteiger partial charge is 0.497 e. The van der Waals surface area contributed by atoms with E-state index in [9.17, 15) is 4.39 Å². The van der Waals surface area contributed by atoms with E-state index in [1.165, 1.54) is 6.92 Å². The summed E-state index contributed by atoms with van der Waals surface area (Å²) < 4.78 is 17.4. The number of hydrogen-bond donors (Lipinski definition) is 0. The smallest absolute Gasteiger partial charge is 0.118 e. The molecule has 0 aromatic heterocycles. The molecule has 2 heteroatoms. The maximum absolute atomic E-state index is 12.4. The Kier molecular flexibility index (Phi) is 3.50. The van der Waals surface area contributed by atoms with E-state index in [0.29, 0.717) is 6.42 Å². The first-order valence-electron chi connectivity index (χ1n) is 4.17. The first kappa shape index (κ1) is 9.78. The lowest BCUT2D eigenvalue weighted by Gasteiger charge is -2.00. The van der Waals surface area contributed by atoms with Crippen molar-refractivity contribution in [1.82, 2.24) is 0 Å². The Morgan fingerprint density at radius 1 is 1.38 bits per heavy atom. The highest BCUT2D eigenvalue weighted by molar-refractivity contribution is 5.28. The second-order valence-corrected chi connectivity index (χ2v) is 2.84. The zero-order chi connectivity index (χ0) is 9.68. The molecular formula is C11H13FO. The quantitative estimate of drug-likeness (QED) is 0.694. The molecule has 0 saturated heterocycles. The van der Waals surface area contributed by atoms with Crippen molar-refractivity contribution in [3.8, 4) is 5.75 Å². The molecule has 70 valence electrons. The second kappa shape index (κ2) is 4.65. The molecule has 0 aliphatic heterocycles. The molecule has 0 unspecified atom stereocenters. The molecule has 1 nitrogen and oxygen atoms in total. The van der Waals surface area contributed by atoms with E-state index >= 15 is 0 Å². The number of ether oxygens (including phenoxy) is 1. The number of allylic oxidation sites excluding steroid dienone is 2. The van der Waals surface area contributed by atoms with Crippen LogP contribution in [0.5, 0.6) is 5.75 Å². The monoisotopic (exact) mass is 180 g/mol. The van der Waals surface area contributed by atoms with Crippen molar-refractivity contribution in [2.75, 3.05) is 7.11 Å². The lowest BCUT2D eigenvalue weighted by Crippen LogP contribution is -1.84. The molecule has 0 amide bonds. The number of halogens is 1. The summed E-state index contributed by atoms with van der Waals surface area (Å²) in [5.41, 5.74) is 1.08. The topological polar surface area (TPSA) is 9.23 Å². The Morgan fingerprint density at radius 3 is 2.46 bits per heavy atom. The van der Waals surface area contributed by atoms with Crippen LogP contribution in [0.3, 0.4) is 0 Å². The van der Waals surface area contributed by atoms with Gasteiger partial charge in [0.25, 0.3) is 0 Å². The minimum absolute atomic E-state index is 0.143. The lowest BCUT2D eigenvalue weighted by atomic mass is 10.1. The van der Waals surface area contributed by atoms with Gasteiger partial charge in [-0.05, 0) is 37.1 Å². The van der Waals surface area contributed by atoms with E-state index in [1.54, 1.807) is 13.2 Å². The molecule has 0 spiro atoms. The van der Waals surface area contributed by atoms with Crippen molar-refractivity contribution in [3.05, 3.63) is 41.7 Å². The number of benzene rings is 1. The van der Waals surface area contributed by atoms with E-state index in [1.807, 2.05) is 24.3 Å². The van der Waals surface area contributed by atoms with Crippen LogP contribution in [0.1, 0.15) is 12.5 Å². The number of rotatable bonds is 3. The molecule has 0 bridgehead atoms. The van der Waals surface area contributed by atoms with Crippen LogP contribution in [0.25, 0.3) is 0 Å². The predicted octanol–water partition coefficient (Wildman–Crippen LogP) is 3.11. The molecule has 1 rings (SSSR count). The van der Waals surface area contributed by atoms with Gasteiger partial charge in [-0.2, -0.15) is 0 Å². The van der Waals surface area contributed by atoms with Crippen LogP contribution in [-0.2, 0) is 6.42 Å². The molecule has 0 saturated carbocycles. The third kappa shape index (κ3) is 3.28. The highest BCUT2D eigenvalue weighted by atomic mass is 19.1. The summed E-state index contributed by atoms with van der Waals surface area (Å²) >= 11 is 0. The number of methoxy groups -OCH3 is 1. The van der Waals surface area contributed by atoms with Crippen molar-refractivity contribution in [3.63, 3.8) is 0 Å². The minimum Gasteiger partial charge on any atom is -0.497 e. The molecule has 1 aromatic carbocycles. The summed E-state index contributed by atoms with van der Waals surface area (Å²) in [5.74, 6) is 0.681. The Hall–Kier alpha value is -1.31. The molecule has 0 fully saturated rings. The van der Waals surface area contributed by atoms with Crippen LogP contribution < -0.4 is 4.74 Å². The normalized spacial score (nSPS) is 11.5. The molecular weight excluding hydrogens is 167 g/mol. The van der Waals surface area contributed by atoms with E-state index in [2.05, 4.69) is 0 Å². The molecule has 0 atom stereocenters. The summed E-state index contributed by atoms with van der Waals surface area (Å²) in [5, 5.41) is 0. The van der Waals surface area contributed by atoms with Crippen LogP contribution in [-0.4, -0.2) is 7.11 Å². The minimum atomic E-state index is -0.143. The van der Waals surface area contributed by atoms with E-state index in [4.69, 9.17) is 4.74 Å². The molecule has 0 aliphatic carbocycles. The average Bonchev–Trinajstić information content (AvgIpc) is 2.15. The highest BCUT2D eigenvalue weighted by Gasteiger charge is 1.92. The van der Waals surface area contributed by atoms with Gasteiger partial charge in [0, 0.05) is 0 Å². The van der Waals surface area contributed by atoms with Crippen molar-refractivity contribution < 1.29 is 9.13 Å². The molecule has 13 heavy (non-hydrogen) atoms. The fourth-order valence-corrected chi connectivity index (χ4v) is 1.02. The van der Waals surface area contributed by atoms with Crippen molar-refractivity contribution in [2.24, 2.45) is 0 Å². The van der Waals surface area contributed by atoms with E-state index in [-0.39, 0.29) is 5.83 Å². The van der Waals surface area contributed by atoms with Crippen LogP contribution in [0.2, 0.25) is 0 Å². The van der Waals surface area contributed by atoms with Crippen molar-refractivity contribution in [2.45, 2.75) is 13.3 Å². The van der Waals surface area contributed by atoms with Gasteiger partial charge in [-0.25, -0.2) is 4.39 Å². The van der Waals surface area contributed by atoms with Gasteiger partial charge in [-0.1, -0.05) is 12.1 Å². The standard InChI is InChI=1S/C11H13FO/c1-9(12)3-4-10-5-7-11(13-2)8-6-10/h3,5-8H,4H2,1-2H3/b9-3-. The zero-order valence-corrected chi connectivity index (χ0v) is 7.88. The van der Waals surface area contributed by atoms with Gasteiger partial charge in [0.05, 0.1) is 12.9 Å². The van der Waals surface area contributed by atoms with Crippen LogP contribution >= 0.6 is 0 Å². The lowest BCUT2D eigenvalue weighted by molar-refractivity contribution is 0.414. The fourth-order valence-electron chi connectivity index (χ4n) is 1.02. The molecule has 1 aromatic rings. The molecule has 0 N–H and O–H groups in total. The third-order valence-electron chi connectivity index (χ3n) is 1.78. The first-order chi connectivity index (χ1) is 6.22. The Bertz CT molecular complexity index is 283. The predicted molar refractivity (Wildman–Crippen MR) is 51.6 cm³/mol. The van der Waals surface area contributed by atoms with Crippen LogP contribution in [0, 0.1) is 0 Å². The van der Waals surface area contributed by atoms with Crippen molar-refractivity contribution >= 4 is 0 Å². The summed E-state index contributed by atoms with van der Waals surface area (Å²) in [6, 6.07) is 7.60. The van der Waals surface area contributed by atoms with Gasteiger partial charge in [-0.15, -0.1) is 0 Å². The van der Waals surface area contributed by atoms with E-state index < -0.39 is 0 Å². The summed E-state index contributed by atoms with van der Waals surface area (Å²) in [6.07, 6.45) is 2.19. The summed E-state index contributed by atoms with van der Waals surface area (Å²) in [7, 11) is 1.63. The SMILES string of the molecule is COc1ccc(C/C=C(/C)F)cc1. The summed E-state index contributed by atoms with van der Waals surface area (Å²) in [6.45, 7) is 1.45. The number of hydrogen-bond acceptors (Lipinski definition) is 1. The van der Waals surface area contributed by atoms with Gasteiger partial charge >= 0.3 is 0 Å². The maximum Gasteiger partial charge on any atom is 0.118 e. The van der Waals surface area contributed by atoms with Crippen LogP contribution in [0.15, 0.2) is 36.2 Å². The maximum atomic E-state index is 12.4. The van der Waals surface area contributed by atoms with Crippen molar-refractivity contribution in [1.29, 1.82) is 0 Å². The van der Waals surface area contributed by atoms with Crippen LogP contribution in [0.4, 0.5) is 4.39 Å². The third-order valence-corrected chi connectivity index (χ3v) is 1.78. The molecule has 0 radical (unpaired) electrons. The first-order valence-corrected chi connectivity index (χ1v) is 4.17. The van der Waals surface area contributed by atoms with Gasteiger partial charge in [0.2, 0.25) is 0 Å². The zero-order valence-electron chi connectivity index (χ0n) is 7.88.